The number of nitrogens with one attached hydrogen (secondary N) is 4. The van der Waals surface area contributed by atoms with Gasteiger partial charge in [-0.05, 0) is 54.2 Å². The molecular formula is C20H20N4O4S2. The van der Waals surface area contributed by atoms with Crippen molar-refractivity contribution in [3.8, 4) is 0 Å². The molecule has 1 heterocycles. The SMILES string of the molecule is O=C(NNC(=S)NCc1ccccc1)c1ccc(S(=O)(=O)NCc2ccco2)cc1. The predicted molar refractivity (Wildman–Crippen MR) is 116 cm³/mol. The molecule has 0 saturated heterocycles. The number of benzene rings is 2. The van der Waals surface area contributed by atoms with Gasteiger partial charge >= 0.3 is 0 Å². The van der Waals surface area contributed by atoms with Gasteiger partial charge in [0.05, 0.1) is 17.7 Å². The van der Waals surface area contributed by atoms with E-state index in [2.05, 4.69) is 20.9 Å². The zero-order valence-corrected chi connectivity index (χ0v) is 17.4. The average molecular weight is 445 g/mol. The summed E-state index contributed by atoms with van der Waals surface area (Å²) in [6.45, 7) is 0.551. The minimum Gasteiger partial charge on any atom is -0.468 e. The fourth-order valence-electron chi connectivity index (χ4n) is 2.46. The minimum absolute atomic E-state index is 0.0366. The van der Waals surface area contributed by atoms with Crippen molar-refractivity contribution in [2.24, 2.45) is 0 Å². The molecule has 0 saturated carbocycles. The Labute approximate surface area is 179 Å². The third-order valence-electron chi connectivity index (χ3n) is 4.03. The third-order valence-corrected chi connectivity index (χ3v) is 5.69. The Hall–Kier alpha value is -3.21. The lowest BCUT2D eigenvalue weighted by molar-refractivity contribution is 0.0943. The van der Waals surface area contributed by atoms with Crippen LogP contribution in [0.3, 0.4) is 0 Å². The fraction of sp³-hybridized carbons (Fsp3) is 0.100. The van der Waals surface area contributed by atoms with E-state index in [-0.39, 0.29) is 22.1 Å². The highest BCUT2D eigenvalue weighted by atomic mass is 32.2. The number of furan rings is 1. The lowest BCUT2D eigenvalue weighted by Crippen LogP contribution is -2.46. The van der Waals surface area contributed by atoms with E-state index < -0.39 is 15.9 Å². The van der Waals surface area contributed by atoms with Crippen molar-refractivity contribution in [3.63, 3.8) is 0 Å². The zero-order valence-electron chi connectivity index (χ0n) is 15.8. The lowest BCUT2D eigenvalue weighted by atomic mass is 10.2. The second-order valence-corrected chi connectivity index (χ2v) is 8.35. The highest BCUT2D eigenvalue weighted by Crippen LogP contribution is 2.11. The maximum atomic E-state index is 12.3. The molecule has 1 amide bonds. The molecule has 1 aromatic heterocycles. The van der Waals surface area contributed by atoms with E-state index in [0.717, 1.165) is 5.56 Å². The van der Waals surface area contributed by atoms with Crippen LogP contribution in [-0.2, 0) is 23.1 Å². The van der Waals surface area contributed by atoms with E-state index in [9.17, 15) is 13.2 Å². The second-order valence-electron chi connectivity index (χ2n) is 6.18. The van der Waals surface area contributed by atoms with Crippen LogP contribution in [0.1, 0.15) is 21.7 Å². The van der Waals surface area contributed by atoms with Crippen LogP contribution in [-0.4, -0.2) is 19.4 Å². The summed E-state index contributed by atoms with van der Waals surface area (Å²) in [5.74, 6) is 0.0452. The maximum Gasteiger partial charge on any atom is 0.269 e. The third kappa shape index (κ3) is 6.14. The Morgan fingerprint density at radius 1 is 0.900 bits per heavy atom. The Morgan fingerprint density at radius 2 is 1.63 bits per heavy atom. The highest BCUT2D eigenvalue weighted by Gasteiger charge is 2.15. The van der Waals surface area contributed by atoms with Crippen LogP contribution in [0.25, 0.3) is 0 Å². The van der Waals surface area contributed by atoms with Crippen molar-refractivity contribution in [1.82, 2.24) is 20.9 Å². The lowest BCUT2D eigenvalue weighted by Gasteiger charge is -2.12. The van der Waals surface area contributed by atoms with E-state index in [1.165, 1.54) is 30.5 Å². The molecule has 0 bridgehead atoms. The van der Waals surface area contributed by atoms with Crippen LogP contribution in [0.5, 0.6) is 0 Å². The first kappa shape index (κ1) is 21.5. The molecule has 0 aliphatic heterocycles. The maximum absolute atomic E-state index is 12.3. The molecule has 3 rings (SSSR count). The van der Waals surface area contributed by atoms with Gasteiger partial charge in [-0.25, -0.2) is 13.1 Å². The zero-order chi connectivity index (χ0) is 21.4. The molecule has 156 valence electrons. The summed E-state index contributed by atoms with van der Waals surface area (Å²) in [7, 11) is -3.73. The van der Waals surface area contributed by atoms with Crippen molar-refractivity contribution in [3.05, 3.63) is 89.9 Å². The first-order valence-electron chi connectivity index (χ1n) is 8.94. The van der Waals surface area contributed by atoms with Crippen LogP contribution < -0.4 is 20.9 Å². The average Bonchev–Trinajstić information content (AvgIpc) is 3.29. The predicted octanol–water partition coefficient (Wildman–Crippen LogP) is 2.07. The van der Waals surface area contributed by atoms with Crippen molar-refractivity contribution in [2.75, 3.05) is 0 Å². The Kier molecular flexibility index (Phi) is 7.17. The molecule has 3 aromatic rings. The van der Waals surface area contributed by atoms with Crippen LogP contribution >= 0.6 is 12.2 Å². The molecule has 4 N–H and O–H groups in total. The van der Waals surface area contributed by atoms with Gasteiger partial charge in [0.25, 0.3) is 5.91 Å². The summed E-state index contributed by atoms with van der Waals surface area (Å²) in [5, 5.41) is 3.23. The van der Waals surface area contributed by atoms with Gasteiger partial charge in [-0.15, -0.1) is 0 Å². The molecule has 0 fully saturated rings. The monoisotopic (exact) mass is 444 g/mol. The van der Waals surface area contributed by atoms with Crippen molar-refractivity contribution in [2.45, 2.75) is 18.0 Å². The number of hydrogen-bond acceptors (Lipinski definition) is 5. The molecule has 8 nitrogen and oxygen atoms in total. The number of hydrazine groups is 1. The van der Waals surface area contributed by atoms with Gasteiger partial charge in [0, 0.05) is 12.1 Å². The number of thiocarbonyl (C=S) groups is 1. The largest absolute Gasteiger partial charge is 0.468 e. The summed E-state index contributed by atoms with van der Waals surface area (Å²) >= 11 is 5.12. The van der Waals surface area contributed by atoms with E-state index in [1.54, 1.807) is 12.1 Å². The summed E-state index contributed by atoms with van der Waals surface area (Å²) in [5.41, 5.74) is 6.40. The Balaban J connectivity index is 1.48. The fourth-order valence-corrected chi connectivity index (χ4v) is 3.57. The Bertz CT molecular complexity index is 1080. The summed E-state index contributed by atoms with van der Waals surface area (Å²) in [6.07, 6.45) is 1.47. The van der Waals surface area contributed by atoms with Crippen LogP contribution in [0.4, 0.5) is 0 Å². The van der Waals surface area contributed by atoms with Crippen molar-refractivity contribution in [1.29, 1.82) is 0 Å². The van der Waals surface area contributed by atoms with Crippen LogP contribution in [0.15, 0.2) is 82.3 Å². The molecule has 0 spiro atoms. The van der Waals surface area contributed by atoms with Gasteiger partial charge in [0.1, 0.15) is 5.76 Å². The molecule has 0 unspecified atom stereocenters. The Morgan fingerprint density at radius 3 is 2.30 bits per heavy atom. The van der Waals surface area contributed by atoms with E-state index in [4.69, 9.17) is 16.6 Å². The first-order valence-corrected chi connectivity index (χ1v) is 10.8. The normalized spacial score (nSPS) is 10.9. The van der Waals surface area contributed by atoms with Gasteiger partial charge in [-0.2, -0.15) is 0 Å². The van der Waals surface area contributed by atoms with E-state index in [0.29, 0.717) is 12.3 Å². The van der Waals surface area contributed by atoms with E-state index in [1.807, 2.05) is 30.3 Å². The van der Waals surface area contributed by atoms with Gasteiger partial charge in [-0.1, -0.05) is 30.3 Å². The summed E-state index contributed by atoms with van der Waals surface area (Å²) in [6, 6.07) is 18.6. The molecule has 0 aliphatic carbocycles. The molecule has 10 heteroatoms. The highest BCUT2D eigenvalue weighted by molar-refractivity contribution is 7.89. The first-order chi connectivity index (χ1) is 14.4. The van der Waals surface area contributed by atoms with Gasteiger partial charge in [-0.3, -0.25) is 15.6 Å². The topological polar surface area (TPSA) is 112 Å². The van der Waals surface area contributed by atoms with Crippen LogP contribution in [0, 0.1) is 0 Å². The standard InChI is InChI=1S/C20H20N4O4S2/c25-19(23-24-20(29)21-13-15-5-2-1-3-6-15)16-8-10-18(11-9-16)30(26,27)22-14-17-7-4-12-28-17/h1-12,22H,13-14H2,(H,23,25)(H2,21,24,29). The quantitative estimate of drug-likeness (QED) is 0.326. The molecule has 2 aromatic carbocycles. The van der Waals surface area contributed by atoms with Crippen molar-refractivity contribution >= 4 is 33.3 Å². The minimum atomic E-state index is -3.73. The summed E-state index contributed by atoms with van der Waals surface area (Å²) < 4.78 is 32.2. The number of hydrogen-bond donors (Lipinski definition) is 4. The number of sulfonamides is 1. The number of amides is 1. The summed E-state index contributed by atoms with van der Waals surface area (Å²) in [4.78, 5) is 12.3. The molecule has 30 heavy (non-hydrogen) atoms. The van der Waals surface area contributed by atoms with Crippen LogP contribution in [0.2, 0.25) is 0 Å². The number of rotatable bonds is 7. The molecule has 0 aliphatic rings. The second kappa shape index (κ2) is 10.0. The number of carbonyl (C=O) groups excluding carboxylic acids is 1. The molecule has 0 radical (unpaired) electrons. The smallest absolute Gasteiger partial charge is 0.269 e. The molecular weight excluding hydrogens is 424 g/mol. The van der Waals surface area contributed by atoms with Gasteiger partial charge < -0.3 is 9.73 Å². The van der Waals surface area contributed by atoms with Gasteiger partial charge in [0.15, 0.2) is 5.11 Å². The number of carbonyl (C=O) groups is 1. The van der Waals surface area contributed by atoms with Gasteiger partial charge in [0.2, 0.25) is 10.0 Å². The van der Waals surface area contributed by atoms with Crippen molar-refractivity contribution < 1.29 is 17.6 Å². The van der Waals surface area contributed by atoms with E-state index >= 15 is 0 Å². The molecule has 0 atom stereocenters.